The minimum absolute atomic E-state index is 0.173. The summed E-state index contributed by atoms with van der Waals surface area (Å²) in [5, 5.41) is 9.93. The molecular weight excluding hydrogens is 206 g/mol. The fourth-order valence-electron chi connectivity index (χ4n) is 1.89. The van der Waals surface area contributed by atoms with Crippen molar-refractivity contribution < 1.29 is 9.32 Å². The number of nitrogens with zero attached hydrogens (tertiary/aromatic N) is 1. The average Bonchev–Trinajstić information content (AvgIpc) is 2.68. The Labute approximate surface area is 94.6 Å². The van der Waals surface area contributed by atoms with E-state index in [0.29, 0.717) is 5.92 Å². The molecule has 1 fully saturated rings. The Kier molecular flexibility index (Phi) is 3.24. The summed E-state index contributed by atoms with van der Waals surface area (Å²) in [7, 11) is 0. The molecule has 1 aromatic heterocycles. The quantitative estimate of drug-likeness (QED) is 0.775. The summed E-state index contributed by atoms with van der Waals surface area (Å²) < 4.78 is 4.92. The van der Waals surface area contributed by atoms with Crippen molar-refractivity contribution >= 4 is 5.91 Å². The minimum atomic E-state index is -0.179. The summed E-state index contributed by atoms with van der Waals surface area (Å²) in [6.45, 7) is 5.79. The number of aromatic nitrogens is 1. The van der Waals surface area contributed by atoms with Gasteiger partial charge in [-0.25, -0.2) is 0 Å². The molecule has 16 heavy (non-hydrogen) atoms. The molecule has 2 heterocycles. The molecule has 2 N–H and O–H groups in total. The lowest BCUT2D eigenvalue weighted by Gasteiger charge is -2.29. The fraction of sp³-hybridized carbons (Fsp3) is 0.636. The summed E-state index contributed by atoms with van der Waals surface area (Å²) in [5.74, 6) is 0.602. The zero-order valence-corrected chi connectivity index (χ0v) is 9.62. The highest BCUT2D eigenvalue weighted by molar-refractivity contribution is 5.91. The van der Waals surface area contributed by atoms with E-state index in [-0.39, 0.29) is 17.7 Å². The van der Waals surface area contributed by atoms with Crippen LogP contribution >= 0.6 is 0 Å². The maximum absolute atomic E-state index is 11.8. The summed E-state index contributed by atoms with van der Waals surface area (Å²) in [5.41, 5.74) is 0.722. The van der Waals surface area contributed by atoms with Gasteiger partial charge >= 0.3 is 0 Å². The highest BCUT2D eigenvalue weighted by Gasteiger charge is 2.24. The number of carbonyl (C=O) groups excluding carboxylic acids is 1. The van der Waals surface area contributed by atoms with Crippen molar-refractivity contribution in [3.05, 3.63) is 17.5 Å². The number of carbonyl (C=O) groups is 1. The monoisotopic (exact) mass is 223 g/mol. The zero-order chi connectivity index (χ0) is 11.5. The van der Waals surface area contributed by atoms with Crippen molar-refractivity contribution in [2.24, 2.45) is 5.92 Å². The van der Waals surface area contributed by atoms with Crippen molar-refractivity contribution in [2.45, 2.75) is 26.3 Å². The maximum atomic E-state index is 11.8. The number of nitrogens with one attached hydrogen (secondary N) is 2. The van der Waals surface area contributed by atoms with Crippen molar-refractivity contribution in [3.8, 4) is 0 Å². The molecule has 2 atom stereocenters. The molecule has 0 aliphatic carbocycles. The van der Waals surface area contributed by atoms with Crippen LogP contribution in [-0.4, -0.2) is 30.2 Å². The number of hydrogen-bond acceptors (Lipinski definition) is 4. The highest BCUT2D eigenvalue weighted by atomic mass is 16.5. The Hall–Kier alpha value is -1.36. The van der Waals surface area contributed by atoms with Gasteiger partial charge in [-0.3, -0.25) is 4.79 Å². The molecule has 1 amide bonds. The molecule has 1 aromatic rings. The van der Waals surface area contributed by atoms with Crippen molar-refractivity contribution in [1.29, 1.82) is 0 Å². The van der Waals surface area contributed by atoms with Crippen LogP contribution in [0, 0.1) is 12.8 Å². The first-order valence-corrected chi connectivity index (χ1v) is 5.61. The molecule has 0 radical (unpaired) electrons. The Balaban J connectivity index is 1.96. The van der Waals surface area contributed by atoms with Gasteiger partial charge in [0.2, 0.25) is 5.76 Å². The Bertz CT molecular complexity index is 375. The van der Waals surface area contributed by atoms with E-state index in [9.17, 15) is 4.79 Å². The van der Waals surface area contributed by atoms with Crippen LogP contribution in [0.4, 0.5) is 0 Å². The van der Waals surface area contributed by atoms with E-state index >= 15 is 0 Å². The fourth-order valence-corrected chi connectivity index (χ4v) is 1.89. The lowest BCUT2D eigenvalue weighted by molar-refractivity contribution is 0.0877. The highest BCUT2D eigenvalue weighted by Crippen LogP contribution is 2.12. The average molecular weight is 223 g/mol. The smallest absolute Gasteiger partial charge is 0.290 e. The van der Waals surface area contributed by atoms with Gasteiger partial charge in [-0.1, -0.05) is 12.1 Å². The third-order valence-electron chi connectivity index (χ3n) is 3.00. The van der Waals surface area contributed by atoms with Gasteiger partial charge in [-0.05, 0) is 25.8 Å². The third-order valence-corrected chi connectivity index (χ3v) is 3.00. The first kappa shape index (κ1) is 11.1. The van der Waals surface area contributed by atoms with Crippen molar-refractivity contribution in [2.75, 3.05) is 13.1 Å². The molecule has 0 aromatic carbocycles. The van der Waals surface area contributed by atoms with Crippen LogP contribution in [0.2, 0.25) is 0 Å². The van der Waals surface area contributed by atoms with Crippen LogP contribution < -0.4 is 10.6 Å². The molecular formula is C11H17N3O2. The predicted molar refractivity (Wildman–Crippen MR) is 59.1 cm³/mol. The van der Waals surface area contributed by atoms with Crippen LogP contribution in [0.25, 0.3) is 0 Å². The molecule has 0 saturated carbocycles. The normalized spacial score (nSPS) is 25.4. The Morgan fingerprint density at radius 2 is 2.50 bits per heavy atom. The molecule has 5 heteroatoms. The van der Waals surface area contributed by atoms with Crippen molar-refractivity contribution in [3.63, 3.8) is 0 Å². The van der Waals surface area contributed by atoms with Gasteiger partial charge in [0.15, 0.2) is 0 Å². The van der Waals surface area contributed by atoms with Crippen LogP contribution in [0.15, 0.2) is 10.6 Å². The van der Waals surface area contributed by atoms with E-state index in [1.54, 1.807) is 13.0 Å². The van der Waals surface area contributed by atoms with E-state index in [1.807, 2.05) is 0 Å². The zero-order valence-electron chi connectivity index (χ0n) is 9.62. The second-order valence-electron chi connectivity index (χ2n) is 4.38. The standard InChI is InChI=1S/C11H17N3O2/c1-7-3-4-12-6-9(7)13-11(15)10-5-8(2)14-16-10/h5,7,9,12H,3-4,6H2,1-2H3,(H,13,15). The van der Waals surface area contributed by atoms with E-state index in [4.69, 9.17) is 4.52 Å². The van der Waals surface area contributed by atoms with Crippen LogP contribution in [-0.2, 0) is 0 Å². The van der Waals surface area contributed by atoms with Crippen LogP contribution in [0.1, 0.15) is 29.6 Å². The summed E-state index contributed by atoms with van der Waals surface area (Å²) in [6, 6.07) is 1.82. The second-order valence-corrected chi connectivity index (χ2v) is 4.38. The molecule has 1 aliphatic heterocycles. The molecule has 1 saturated heterocycles. The minimum Gasteiger partial charge on any atom is -0.351 e. The molecule has 1 aliphatic rings. The van der Waals surface area contributed by atoms with E-state index in [2.05, 4.69) is 22.7 Å². The SMILES string of the molecule is Cc1cc(C(=O)NC2CNCCC2C)on1. The van der Waals surface area contributed by atoms with Crippen LogP contribution in [0.3, 0.4) is 0 Å². The Morgan fingerprint density at radius 1 is 1.69 bits per heavy atom. The van der Waals surface area contributed by atoms with E-state index in [0.717, 1.165) is 25.2 Å². The second kappa shape index (κ2) is 4.65. The molecule has 88 valence electrons. The largest absolute Gasteiger partial charge is 0.351 e. The molecule has 0 bridgehead atoms. The maximum Gasteiger partial charge on any atom is 0.290 e. The van der Waals surface area contributed by atoms with Gasteiger partial charge < -0.3 is 15.2 Å². The van der Waals surface area contributed by atoms with Crippen LogP contribution in [0.5, 0.6) is 0 Å². The number of rotatable bonds is 2. The number of aryl methyl sites for hydroxylation is 1. The first-order valence-electron chi connectivity index (χ1n) is 5.61. The predicted octanol–water partition coefficient (Wildman–Crippen LogP) is 0.711. The van der Waals surface area contributed by atoms with Crippen molar-refractivity contribution in [1.82, 2.24) is 15.8 Å². The number of hydrogen-bond donors (Lipinski definition) is 2. The van der Waals surface area contributed by atoms with E-state index < -0.39 is 0 Å². The molecule has 2 rings (SSSR count). The third kappa shape index (κ3) is 2.41. The van der Waals surface area contributed by atoms with Gasteiger partial charge in [0, 0.05) is 18.7 Å². The lowest BCUT2D eigenvalue weighted by atomic mass is 9.95. The summed E-state index contributed by atoms with van der Waals surface area (Å²) in [4.78, 5) is 11.8. The van der Waals surface area contributed by atoms with Gasteiger partial charge in [-0.15, -0.1) is 0 Å². The lowest BCUT2D eigenvalue weighted by Crippen LogP contribution is -2.50. The topological polar surface area (TPSA) is 67.2 Å². The van der Waals surface area contributed by atoms with Gasteiger partial charge in [0.25, 0.3) is 5.91 Å². The summed E-state index contributed by atoms with van der Waals surface area (Å²) in [6.07, 6.45) is 1.08. The molecule has 5 nitrogen and oxygen atoms in total. The van der Waals surface area contributed by atoms with Gasteiger partial charge in [0.1, 0.15) is 0 Å². The number of piperidine rings is 1. The first-order chi connectivity index (χ1) is 7.66. The number of amides is 1. The van der Waals surface area contributed by atoms with Gasteiger partial charge in [-0.2, -0.15) is 0 Å². The molecule has 0 spiro atoms. The molecule has 2 unspecified atom stereocenters. The summed E-state index contributed by atoms with van der Waals surface area (Å²) >= 11 is 0. The van der Waals surface area contributed by atoms with E-state index in [1.165, 1.54) is 0 Å². The Morgan fingerprint density at radius 3 is 3.12 bits per heavy atom. The van der Waals surface area contributed by atoms with Gasteiger partial charge in [0.05, 0.1) is 5.69 Å².